The Labute approximate surface area is 159 Å². The molecule has 2 aromatic carbocycles. The molecule has 0 amide bonds. The number of cyclic esters (lactones) is 1. The molecule has 0 atom stereocenters. The van der Waals surface area contributed by atoms with Crippen LogP contribution in [-0.4, -0.2) is 23.4 Å². The van der Waals surface area contributed by atoms with Crippen LogP contribution in [0.4, 0.5) is 5.69 Å². The van der Waals surface area contributed by atoms with Crippen molar-refractivity contribution in [2.45, 2.75) is 0 Å². The number of esters is 1. The third-order valence-corrected chi connectivity index (χ3v) is 3.86. The van der Waals surface area contributed by atoms with E-state index in [4.69, 9.17) is 21.1 Å². The van der Waals surface area contributed by atoms with Crippen LogP contribution >= 0.6 is 11.6 Å². The summed E-state index contributed by atoms with van der Waals surface area (Å²) in [5.74, 6) is -0.0275. The van der Waals surface area contributed by atoms with Crippen LogP contribution in [0.3, 0.4) is 0 Å². The molecule has 136 valence electrons. The number of nitrogens with zero attached hydrogens (tertiary/aromatic N) is 2. The van der Waals surface area contributed by atoms with Crippen molar-refractivity contribution in [3.63, 3.8) is 0 Å². The van der Waals surface area contributed by atoms with Crippen LogP contribution in [0.25, 0.3) is 6.08 Å². The molecule has 0 N–H and O–H groups in total. The van der Waals surface area contributed by atoms with Gasteiger partial charge in [-0.05, 0) is 29.8 Å². The first-order chi connectivity index (χ1) is 13.0. The number of rotatable bonds is 6. The zero-order valence-corrected chi connectivity index (χ0v) is 14.7. The third kappa shape index (κ3) is 4.21. The van der Waals surface area contributed by atoms with E-state index in [-0.39, 0.29) is 22.3 Å². The summed E-state index contributed by atoms with van der Waals surface area (Å²) in [6, 6.07) is 10.9. The Kier molecular flexibility index (Phi) is 5.33. The van der Waals surface area contributed by atoms with Crippen molar-refractivity contribution in [3.8, 4) is 5.75 Å². The highest BCUT2D eigenvalue weighted by atomic mass is 35.5. The van der Waals surface area contributed by atoms with Crippen molar-refractivity contribution in [2.75, 3.05) is 6.61 Å². The number of halogens is 1. The van der Waals surface area contributed by atoms with E-state index in [1.54, 1.807) is 36.4 Å². The van der Waals surface area contributed by atoms with Gasteiger partial charge in [-0.25, -0.2) is 9.79 Å². The van der Waals surface area contributed by atoms with E-state index in [9.17, 15) is 14.9 Å². The van der Waals surface area contributed by atoms with Crippen LogP contribution in [0.1, 0.15) is 11.1 Å². The van der Waals surface area contributed by atoms with Gasteiger partial charge >= 0.3 is 5.97 Å². The second kappa shape index (κ2) is 7.84. The Morgan fingerprint density at radius 2 is 2.11 bits per heavy atom. The second-order valence-electron chi connectivity index (χ2n) is 5.43. The Hall–Kier alpha value is -3.45. The average molecular weight is 385 g/mol. The molecule has 7 nitrogen and oxygen atoms in total. The Bertz CT molecular complexity index is 997. The van der Waals surface area contributed by atoms with Gasteiger partial charge in [0, 0.05) is 12.1 Å². The number of hydrogen-bond donors (Lipinski definition) is 0. The van der Waals surface area contributed by atoms with E-state index in [1.807, 2.05) is 0 Å². The zero-order valence-electron chi connectivity index (χ0n) is 13.9. The molecule has 0 bridgehead atoms. The Balaban J connectivity index is 1.89. The lowest BCUT2D eigenvalue weighted by atomic mass is 10.2. The fraction of sp³-hybridized carbons (Fsp3) is 0.0526. The van der Waals surface area contributed by atoms with Gasteiger partial charge in [0.05, 0.1) is 15.5 Å². The lowest BCUT2D eigenvalue weighted by Crippen LogP contribution is -2.06. The SMILES string of the molecule is C=CCOc1cccc(/C=C2\N=C(c3ccc([N+](=O)[O-])cc3Cl)OC2=O)c1. The maximum absolute atomic E-state index is 12.1. The van der Waals surface area contributed by atoms with Crippen LogP contribution in [0.5, 0.6) is 5.75 Å². The van der Waals surface area contributed by atoms with Crippen molar-refractivity contribution in [3.05, 3.63) is 87.1 Å². The quantitative estimate of drug-likeness (QED) is 0.245. The van der Waals surface area contributed by atoms with Gasteiger partial charge in [0.25, 0.3) is 5.69 Å². The van der Waals surface area contributed by atoms with Gasteiger partial charge in [-0.2, -0.15) is 0 Å². The van der Waals surface area contributed by atoms with E-state index in [0.29, 0.717) is 23.5 Å². The van der Waals surface area contributed by atoms with Crippen LogP contribution in [0, 0.1) is 10.1 Å². The minimum Gasteiger partial charge on any atom is -0.490 e. The topological polar surface area (TPSA) is 91.0 Å². The van der Waals surface area contributed by atoms with Crippen molar-refractivity contribution >= 4 is 35.2 Å². The molecule has 1 aliphatic heterocycles. The maximum atomic E-state index is 12.1. The zero-order chi connectivity index (χ0) is 19.4. The number of aliphatic imine (C=N–C) groups is 1. The van der Waals surface area contributed by atoms with E-state index < -0.39 is 10.9 Å². The van der Waals surface area contributed by atoms with Crippen LogP contribution in [-0.2, 0) is 9.53 Å². The number of ether oxygens (including phenoxy) is 2. The molecule has 1 heterocycles. The summed E-state index contributed by atoms with van der Waals surface area (Å²) in [6.07, 6.45) is 3.18. The molecule has 0 unspecified atom stereocenters. The van der Waals surface area contributed by atoms with Crippen molar-refractivity contribution in [2.24, 2.45) is 4.99 Å². The number of nitro benzene ring substituents is 1. The lowest BCUT2D eigenvalue weighted by Gasteiger charge is -2.03. The summed E-state index contributed by atoms with van der Waals surface area (Å²) in [7, 11) is 0. The molecule has 0 spiro atoms. The Morgan fingerprint density at radius 1 is 1.30 bits per heavy atom. The molecule has 0 saturated heterocycles. The number of non-ortho nitro benzene ring substituents is 1. The number of carbonyl (C=O) groups is 1. The van der Waals surface area contributed by atoms with Gasteiger partial charge in [0.1, 0.15) is 12.4 Å². The monoisotopic (exact) mass is 384 g/mol. The standard InChI is InChI=1S/C19H13ClN2O5/c1-2-8-26-14-5-3-4-12(9-14)10-17-19(23)27-18(21-17)15-7-6-13(22(24)25)11-16(15)20/h2-7,9-11H,1,8H2/b17-10-. The molecular formula is C19H13ClN2O5. The highest BCUT2D eigenvalue weighted by Crippen LogP contribution is 2.27. The minimum absolute atomic E-state index is 0.00906. The van der Waals surface area contributed by atoms with Crippen LogP contribution in [0.2, 0.25) is 5.02 Å². The maximum Gasteiger partial charge on any atom is 0.363 e. The fourth-order valence-corrected chi connectivity index (χ4v) is 2.58. The Morgan fingerprint density at radius 3 is 2.81 bits per heavy atom. The van der Waals surface area contributed by atoms with E-state index in [0.717, 1.165) is 0 Å². The van der Waals surface area contributed by atoms with Gasteiger partial charge in [-0.3, -0.25) is 10.1 Å². The van der Waals surface area contributed by atoms with Crippen molar-refractivity contribution in [1.82, 2.24) is 0 Å². The summed E-state index contributed by atoms with van der Waals surface area (Å²) >= 11 is 6.06. The van der Waals surface area contributed by atoms with Gasteiger partial charge in [-0.15, -0.1) is 0 Å². The molecule has 0 aliphatic carbocycles. The molecule has 8 heteroatoms. The predicted octanol–water partition coefficient (Wildman–Crippen LogP) is 4.16. The summed E-state index contributed by atoms with van der Waals surface area (Å²) < 4.78 is 10.6. The van der Waals surface area contributed by atoms with Gasteiger partial charge < -0.3 is 9.47 Å². The van der Waals surface area contributed by atoms with Gasteiger partial charge in [0.15, 0.2) is 5.70 Å². The average Bonchev–Trinajstić information content (AvgIpc) is 3.00. The third-order valence-electron chi connectivity index (χ3n) is 3.54. The molecule has 3 rings (SSSR count). The van der Waals surface area contributed by atoms with Crippen molar-refractivity contribution in [1.29, 1.82) is 0 Å². The number of carbonyl (C=O) groups excluding carboxylic acids is 1. The normalized spacial score (nSPS) is 14.6. The molecule has 0 aromatic heterocycles. The largest absolute Gasteiger partial charge is 0.490 e. The van der Waals surface area contributed by atoms with E-state index >= 15 is 0 Å². The summed E-state index contributed by atoms with van der Waals surface area (Å²) in [4.78, 5) is 26.5. The molecule has 0 fully saturated rings. The predicted molar refractivity (Wildman–Crippen MR) is 101 cm³/mol. The molecule has 27 heavy (non-hydrogen) atoms. The van der Waals surface area contributed by atoms with E-state index in [1.165, 1.54) is 18.2 Å². The van der Waals surface area contributed by atoms with Crippen LogP contribution < -0.4 is 4.74 Å². The molecule has 2 aromatic rings. The highest BCUT2D eigenvalue weighted by molar-refractivity contribution is 6.34. The molecule has 0 radical (unpaired) electrons. The molecule has 1 aliphatic rings. The van der Waals surface area contributed by atoms with E-state index in [2.05, 4.69) is 11.6 Å². The lowest BCUT2D eigenvalue weighted by molar-refractivity contribution is -0.384. The van der Waals surface area contributed by atoms with Crippen LogP contribution in [0.15, 0.2) is 65.8 Å². The first-order valence-corrected chi connectivity index (χ1v) is 8.16. The first kappa shape index (κ1) is 18.3. The van der Waals surface area contributed by atoms with Crippen molar-refractivity contribution < 1.29 is 19.2 Å². The minimum atomic E-state index is -0.642. The summed E-state index contributed by atoms with van der Waals surface area (Å²) in [5, 5.41) is 10.9. The summed E-state index contributed by atoms with van der Waals surface area (Å²) in [5.41, 5.74) is 0.909. The first-order valence-electron chi connectivity index (χ1n) is 7.78. The smallest absolute Gasteiger partial charge is 0.363 e. The summed E-state index contributed by atoms with van der Waals surface area (Å²) in [6.45, 7) is 3.95. The second-order valence-corrected chi connectivity index (χ2v) is 5.84. The highest BCUT2D eigenvalue weighted by Gasteiger charge is 2.26. The number of nitro groups is 1. The van der Waals surface area contributed by atoms with Gasteiger partial charge in [-0.1, -0.05) is 36.4 Å². The fourth-order valence-electron chi connectivity index (χ4n) is 2.32. The molecular weight excluding hydrogens is 372 g/mol. The number of benzene rings is 2. The molecule has 0 saturated carbocycles. The number of hydrogen-bond acceptors (Lipinski definition) is 6. The van der Waals surface area contributed by atoms with Gasteiger partial charge in [0.2, 0.25) is 5.90 Å².